The fraction of sp³-hybridized carbons (Fsp3) is 0.0625. The van der Waals surface area contributed by atoms with Crippen LogP contribution in [0.15, 0.2) is 54.6 Å². The first-order chi connectivity index (χ1) is 9.72. The fourth-order valence-corrected chi connectivity index (χ4v) is 1.93. The Hall–Kier alpha value is -2.75. The number of nitrogens with one attached hydrogen (secondary N) is 1. The summed E-state index contributed by atoms with van der Waals surface area (Å²) >= 11 is 0. The molecule has 1 amide bonds. The third kappa shape index (κ3) is 2.49. The smallest absolute Gasteiger partial charge is 0.276 e. The maximum absolute atomic E-state index is 12.1. The van der Waals surface area contributed by atoms with Gasteiger partial charge in [-0.2, -0.15) is 0 Å². The lowest BCUT2D eigenvalue weighted by Crippen LogP contribution is -2.14. The summed E-state index contributed by atoms with van der Waals surface area (Å²) in [5.41, 5.74) is 2.98. The Balaban J connectivity index is 1.86. The predicted molar refractivity (Wildman–Crippen MR) is 78.7 cm³/mol. The van der Waals surface area contributed by atoms with E-state index in [0.717, 1.165) is 22.2 Å². The molecule has 0 aliphatic rings. The summed E-state index contributed by atoms with van der Waals surface area (Å²) in [4.78, 5) is 12.1. The minimum Gasteiger partial charge on any atom is -0.321 e. The summed E-state index contributed by atoms with van der Waals surface area (Å²) < 4.78 is 0. The van der Waals surface area contributed by atoms with E-state index in [1.54, 1.807) is 6.07 Å². The number of benzene rings is 2. The lowest BCUT2D eigenvalue weighted by molar-refractivity contribution is 0.102. The molecule has 0 unspecified atom stereocenters. The molecular weight excluding hydrogens is 250 g/mol. The second kappa shape index (κ2) is 5.09. The quantitative estimate of drug-likeness (QED) is 0.772. The number of hydrogen-bond acceptors (Lipinski definition) is 3. The summed E-state index contributed by atoms with van der Waals surface area (Å²) in [6, 6.07) is 16.9. The van der Waals surface area contributed by atoms with Crippen LogP contribution in [0.2, 0.25) is 0 Å². The minimum atomic E-state index is -0.257. The van der Waals surface area contributed by atoms with Crippen molar-refractivity contribution in [2.75, 3.05) is 5.32 Å². The Morgan fingerprint density at radius 2 is 1.75 bits per heavy atom. The first-order valence-electron chi connectivity index (χ1n) is 6.33. The van der Waals surface area contributed by atoms with Crippen molar-refractivity contribution < 1.29 is 4.79 Å². The zero-order valence-corrected chi connectivity index (χ0v) is 11.0. The van der Waals surface area contributed by atoms with Gasteiger partial charge >= 0.3 is 0 Å². The molecule has 0 radical (unpaired) electrons. The number of hydrogen-bond donors (Lipinski definition) is 1. The molecule has 4 nitrogen and oxygen atoms in total. The number of carbonyl (C=O) groups excluding carboxylic acids is 1. The second-order valence-electron chi connectivity index (χ2n) is 4.61. The van der Waals surface area contributed by atoms with Crippen LogP contribution in [0.5, 0.6) is 0 Å². The SMILES string of the molecule is Cc1ccc(NC(=O)c2cc3ccccc3nn2)cc1. The molecule has 3 aromatic rings. The van der Waals surface area contributed by atoms with Gasteiger partial charge in [-0.05, 0) is 31.2 Å². The Bertz CT molecular complexity index is 766. The van der Waals surface area contributed by atoms with Gasteiger partial charge in [0.1, 0.15) is 0 Å². The highest BCUT2D eigenvalue weighted by Crippen LogP contribution is 2.13. The van der Waals surface area contributed by atoms with E-state index in [1.807, 2.05) is 55.5 Å². The molecule has 0 saturated heterocycles. The summed E-state index contributed by atoms with van der Waals surface area (Å²) in [7, 11) is 0. The van der Waals surface area contributed by atoms with Crippen molar-refractivity contribution >= 4 is 22.5 Å². The van der Waals surface area contributed by atoms with Gasteiger partial charge in [-0.15, -0.1) is 10.2 Å². The number of fused-ring (bicyclic) bond motifs is 1. The Morgan fingerprint density at radius 3 is 2.55 bits per heavy atom. The van der Waals surface area contributed by atoms with E-state index in [1.165, 1.54) is 0 Å². The van der Waals surface area contributed by atoms with Crippen molar-refractivity contribution in [3.8, 4) is 0 Å². The molecule has 0 aliphatic heterocycles. The van der Waals surface area contributed by atoms with Gasteiger partial charge in [-0.25, -0.2) is 0 Å². The fourth-order valence-electron chi connectivity index (χ4n) is 1.93. The molecule has 98 valence electrons. The molecule has 0 atom stereocenters. The van der Waals surface area contributed by atoms with Crippen molar-refractivity contribution in [2.24, 2.45) is 0 Å². The Labute approximate surface area is 116 Å². The van der Waals surface area contributed by atoms with Crippen molar-refractivity contribution in [1.82, 2.24) is 10.2 Å². The van der Waals surface area contributed by atoms with Gasteiger partial charge < -0.3 is 5.32 Å². The van der Waals surface area contributed by atoms with Gasteiger partial charge in [0, 0.05) is 11.1 Å². The number of aromatic nitrogens is 2. The van der Waals surface area contributed by atoms with Crippen LogP contribution in [0, 0.1) is 6.92 Å². The van der Waals surface area contributed by atoms with Gasteiger partial charge in [0.15, 0.2) is 5.69 Å². The van der Waals surface area contributed by atoms with Crippen LogP contribution in [0.25, 0.3) is 10.9 Å². The molecule has 2 aromatic carbocycles. The molecule has 1 aromatic heterocycles. The molecule has 0 aliphatic carbocycles. The third-order valence-corrected chi connectivity index (χ3v) is 3.04. The van der Waals surface area contributed by atoms with Crippen LogP contribution in [-0.2, 0) is 0 Å². The highest BCUT2D eigenvalue weighted by Gasteiger charge is 2.09. The monoisotopic (exact) mass is 263 g/mol. The third-order valence-electron chi connectivity index (χ3n) is 3.04. The number of carbonyl (C=O) groups is 1. The lowest BCUT2D eigenvalue weighted by atomic mass is 10.2. The predicted octanol–water partition coefficient (Wildman–Crippen LogP) is 3.19. The van der Waals surface area contributed by atoms with E-state index in [4.69, 9.17) is 0 Å². The minimum absolute atomic E-state index is 0.257. The largest absolute Gasteiger partial charge is 0.321 e. The van der Waals surface area contributed by atoms with Crippen molar-refractivity contribution in [3.05, 3.63) is 65.9 Å². The van der Waals surface area contributed by atoms with Gasteiger partial charge in [0.25, 0.3) is 5.91 Å². The average molecular weight is 263 g/mol. The molecule has 0 fully saturated rings. The summed E-state index contributed by atoms with van der Waals surface area (Å²) in [6.45, 7) is 2.00. The van der Waals surface area contributed by atoms with Crippen molar-refractivity contribution in [1.29, 1.82) is 0 Å². The van der Waals surface area contributed by atoms with Crippen LogP contribution in [0.4, 0.5) is 5.69 Å². The highest BCUT2D eigenvalue weighted by atomic mass is 16.1. The zero-order chi connectivity index (χ0) is 13.9. The maximum Gasteiger partial charge on any atom is 0.276 e. The van der Waals surface area contributed by atoms with Crippen LogP contribution in [0.3, 0.4) is 0 Å². The molecule has 4 heteroatoms. The Kier molecular flexibility index (Phi) is 3.13. The molecule has 0 spiro atoms. The molecule has 1 N–H and O–H groups in total. The Morgan fingerprint density at radius 1 is 1.00 bits per heavy atom. The van der Waals surface area contributed by atoms with E-state index < -0.39 is 0 Å². The number of anilines is 1. The normalized spacial score (nSPS) is 10.4. The molecule has 0 saturated carbocycles. The van der Waals surface area contributed by atoms with Gasteiger partial charge in [-0.3, -0.25) is 4.79 Å². The van der Waals surface area contributed by atoms with Gasteiger partial charge in [-0.1, -0.05) is 35.9 Å². The summed E-state index contributed by atoms with van der Waals surface area (Å²) in [5.74, 6) is -0.257. The van der Waals surface area contributed by atoms with E-state index in [9.17, 15) is 4.79 Å². The van der Waals surface area contributed by atoms with E-state index >= 15 is 0 Å². The number of rotatable bonds is 2. The van der Waals surface area contributed by atoms with Gasteiger partial charge in [0.05, 0.1) is 5.52 Å². The molecule has 3 rings (SSSR count). The van der Waals surface area contributed by atoms with Crippen molar-refractivity contribution in [3.63, 3.8) is 0 Å². The first kappa shape index (κ1) is 12.3. The maximum atomic E-state index is 12.1. The van der Waals surface area contributed by atoms with Gasteiger partial charge in [0.2, 0.25) is 0 Å². The molecular formula is C16H13N3O. The van der Waals surface area contributed by atoms with Crippen LogP contribution in [-0.4, -0.2) is 16.1 Å². The summed E-state index contributed by atoms with van der Waals surface area (Å²) in [6.07, 6.45) is 0. The lowest BCUT2D eigenvalue weighted by Gasteiger charge is -2.05. The number of amides is 1. The number of nitrogens with zero attached hydrogens (tertiary/aromatic N) is 2. The highest BCUT2D eigenvalue weighted by molar-refractivity contribution is 6.04. The van der Waals surface area contributed by atoms with E-state index in [-0.39, 0.29) is 5.91 Å². The summed E-state index contributed by atoms with van der Waals surface area (Å²) in [5, 5.41) is 11.7. The molecule has 0 bridgehead atoms. The number of aryl methyl sites for hydroxylation is 1. The first-order valence-corrected chi connectivity index (χ1v) is 6.33. The van der Waals surface area contributed by atoms with Crippen LogP contribution >= 0.6 is 0 Å². The standard InChI is InChI=1S/C16H13N3O/c1-11-6-8-13(9-7-11)17-16(20)15-10-12-4-2-3-5-14(12)18-19-15/h2-10H,1H3,(H,17,20). The van der Waals surface area contributed by atoms with Crippen molar-refractivity contribution in [2.45, 2.75) is 6.92 Å². The van der Waals surface area contributed by atoms with Crippen LogP contribution in [0.1, 0.15) is 16.1 Å². The van der Waals surface area contributed by atoms with Crippen LogP contribution < -0.4 is 5.32 Å². The van der Waals surface area contributed by atoms with E-state index in [0.29, 0.717) is 5.69 Å². The van der Waals surface area contributed by atoms with E-state index in [2.05, 4.69) is 15.5 Å². The average Bonchev–Trinajstić information content (AvgIpc) is 2.49. The topological polar surface area (TPSA) is 54.9 Å². The molecule has 1 heterocycles. The molecule has 20 heavy (non-hydrogen) atoms. The zero-order valence-electron chi connectivity index (χ0n) is 11.0. The second-order valence-corrected chi connectivity index (χ2v) is 4.61.